The van der Waals surface area contributed by atoms with Gasteiger partial charge in [-0.1, -0.05) is 11.6 Å². The molecule has 2 aromatic carbocycles. The van der Waals surface area contributed by atoms with Gasteiger partial charge in [0.05, 0.1) is 20.4 Å². The fourth-order valence-corrected chi connectivity index (χ4v) is 4.75. The van der Waals surface area contributed by atoms with Gasteiger partial charge in [0, 0.05) is 18.0 Å². The average molecular weight is 457 g/mol. The zero-order valence-electron chi connectivity index (χ0n) is 15.8. The first kappa shape index (κ1) is 21.6. The number of anilines is 1. The molecule has 1 saturated carbocycles. The van der Waals surface area contributed by atoms with Crippen molar-refractivity contribution in [3.8, 4) is 0 Å². The molecule has 3 rings (SSSR count). The molecule has 0 bridgehead atoms. The van der Waals surface area contributed by atoms with Crippen LogP contribution in [0.2, 0.25) is 5.02 Å². The summed E-state index contributed by atoms with van der Waals surface area (Å²) in [6.45, 7) is 1.91. The number of benzene rings is 2. The van der Waals surface area contributed by atoms with Crippen LogP contribution in [0.4, 0.5) is 5.69 Å². The molecule has 1 fully saturated rings. The molecule has 1 atom stereocenters. The zero-order chi connectivity index (χ0) is 21.4. The molecule has 0 aromatic heterocycles. The van der Waals surface area contributed by atoms with Crippen molar-refractivity contribution in [2.45, 2.75) is 35.6 Å². The zero-order valence-corrected chi connectivity index (χ0v) is 18.2. The Bertz CT molecular complexity index is 1140. The SMILES string of the molecule is CC(NC(=O)c1cc(S(=O)(=O)Nc2ccc(S(C)(=O)=O)cc2)ccc1Cl)C1CC1. The molecule has 1 unspecified atom stereocenters. The normalized spacial score (nSPS) is 15.6. The molecule has 10 heteroatoms. The monoisotopic (exact) mass is 456 g/mol. The smallest absolute Gasteiger partial charge is 0.261 e. The van der Waals surface area contributed by atoms with Crippen molar-refractivity contribution in [3.05, 3.63) is 53.1 Å². The minimum atomic E-state index is -4.00. The molecule has 29 heavy (non-hydrogen) atoms. The predicted octanol–water partition coefficient (Wildman–Crippen LogP) is 3.07. The van der Waals surface area contributed by atoms with E-state index in [1.54, 1.807) is 0 Å². The Labute approximate surface area is 175 Å². The topological polar surface area (TPSA) is 109 Å². The Balaban J connectivity index is 1.82. The lowest BCUT2D eigenvalue weighted by molar-refractivity contribution is 0.0935. The number of sulfone groups is 1. The molecular formula is C19H21ClN2O5S2. The number of rotatable bonds is 7. The van der Waals surface area contributed by atoms with E-state index in [0.717, 1.165) is 19.1 Å². The van der Waals surface area contributed by atoms with Crippen LogP contribution >= 0.6 is 11.6 Å². The number of amides is 1. The molecule has 7 nitrogen and oxygen atoms in total. The van der Waals surface area contributed by atoms with E-state index in [9.17, 15) is 21.6 Å². The van der Waals surface area contributed by atoms with Gasteiger partial charge < -0.3 is 5.32 Å². The van der Waals surface area contributed by atoms with Crippen LogP contribution in [0.5, 0.6) is 0 Å². The van der Waals surface area contributed by atoms with E-state index >= 15 is 0 Å². The van der Waals surface area contributed by atoms with Crippen LogP contribution in [0.15, 0.2) is 52.3 Å². The fraction of sp³-hybridized carbons (Fsp3) is 0.316. The predicted molar refractivity (Wildman–Crippen MR) is 111 cm³/mol. The summed E-state index contributed by atoms with van der Waals surface area (Å²) in [5, 5.41) is 3.01. The van der Waals surface area contributed by atoms with Crippen LogP contribution in [0.1, 0.15) is 30.1 Å². The third kappa shape index (κ3) is 5.29. The number of carbonyl (C=O) groups is 1. The summed E-state index contributed by atoms with van der Waals surface area (Å²) in [7, 11) is -7.39. The quantitative estimate of drug-likeness (QED) is 0.665. The first-order chi connectivity index (χ1) is 13.5. The lowest BCUT2D eigenvalue weighted by atomic mass is 10.1. The number of hydrogen-bond donors (Lipinski definition) is 2. The maximum Gasteiger partial charge on any atom is 0.261 e. The Morgan fingerprint density at radius 3 is 2.17 bits per heavy atom. The summed E-state index contributed by atoms with van der Waals surface area (Å²) in [5.74, 6) is 0.0187. The molecule has 0 radical (unpaired) electrons. The highest BCUT2D eigenvalue weighted by Crippen LogP contribution is 2.32. The summed E-state index contributed by atoms with van der Waals surface area (Å²) < 4.78 is 50.8. The lowest BCUT2D eigenvalue weighted by Crippen LogP contribution is -2.34. The van der Waals surface area contributed by atoms with Crippen molar-refractivity contribution in [2.24, 2.45) is 5.92 Å². The van der Waals surface area contributed by atoms with Crippen LogP contribution in [0.25, 0.3) is 0 Å². The molecule has 156 valence electrons. The third-order valence-corrected chi connectivity index (χ3v) is 7.55. The third-order valence-electron chi connectivity index (χ3n) is 4.72. The molecule has 0 aliphatic heterocycles. The molecule has 2 aromatic rings. The Morgan fingerprint density at radius 1 is 1.03 bits per heavy atom. The van der Waals surface area contributed by atoms with E-state index in [4.69, 9.17) is 11.6 Å². The van der Waals surface area contributed by atoms with E-state index in [-0.39, 0.29) is 32.1 Å². The highest BCUT2D eigenvalue weighted by Gasteiger charge is 2.29. The van der Waals surface area contributed by atoms with Gasteiger partial charge in [-0.05, 0) is 68.1 Å². The standard InChI is InChI=1S/C19H21ClN2O5S2/c1-12(13-3-4-13)21-19(23)17-11-16(9-10-18(17)20)29(26,27)22-14-5-7-15(8-6-14)28(2,24)25/h5-13,22H,3-4H2,1-2H3,(H,21,23). The minimum Gasteiger partial charge on any atom is -0.349 e. The molecule has 0 heterocycles. The van der Waals surface area contributed by atoms with E-state index < -0.39 is 25.8 Å². The van der Waals surface area contributed by atoms with E-state index in [1.807, 2.05) is 6.92 Å². The first-order valence-corrected chi connectivity index (χ1v) is 12.7. The molecule has 2 N–H and O–H groups in total. The summed E-state index contributed by atoms with van der Waals surface area (Å²) in [5.41, 5.74) is 0.273. The maximum atomic E-state index is 12.7. The van der Waals surface area contributed by atoms with Crippen molar-refractivity contribution >= 4 is 43.1 Å². The van der Waals surface area contributed by atoms with E-state index in [0.29, 0.717) is 5.92 Å². The summed E-state index contributed by atoms with van der Waals surface area (Å²) in [6.07, 6.45) is 3.19. The minimum absolute atomic E-state index is 0.00897. The second-order valence-electron chi connectivity index (χ2n) is 7.14. The highest BCUT2D eigenvalue weighted by molar-refractivity contribution is 7.92. The van der Waals surface area contributed by atoms with Gasteiger partial charge in [-0.25, -0.2) is 16.8 Å². The van der Waals surface area contributed by atoms with Crippen LogP contribution in [0.3, 0.4) is 0 Å². The Hall–Kier alpha value is -2.10. The maximum absolute atomic E-state index is 12.7. The van der Waals surface area contributed by atoms with Gasteiger partial charge in [-0.15, -0.1) is 0 Å². The molecular weight excluding hydrogens is 436 g/mol. The Morgan fingerprint density at radius 2 is 1.62 bits per heavy atom. The first-order valence-electron chi connectivity index (χ1n) is 8.91. The van der Waals surface area contributed by atoms with Crippen LogP contribution < -0.4 is 10.0 Å². The van der Waals surface area contributed by atoms with Crippen LogP contribution in [-0.4, -0.2) is 35.0 Å². The van der Waals surface area contributed by atoms with Crippen molar-refractivity contribution < 1.29 is 21.6 Å². The van der Waals surface area contributed by atoms with Gasteiger partial charge in [-0.2, -0.15) is 0 Å². The number of halogens is 1. The second kappa shape index (κ2) is 7.97. The van der Waals surface area contributed by atoms with Crippen LogP contribution in [-0.2, 0) is 19.9 Å². The highest BCUT2D eigenvalue weighted by atomic mass is 35.5. The van der Waals surface area contributed by atoms with E-state index in [1.165, 1.54) is 42.5 Å². The molecule has 1 aliphatic rings. The number of carbonyl (C=O) groups excluding carboxylic acids is 1. The molecule has 1 amide bonds. The van der Waals surface area contributed by atoms with Gasteiger partial charge >= 0.3 is 0 Å². The van der Waals surface area contributed by atoms with Crippen LogP contribution in [0, 0.1) is 5.92 Å². The number of sulfonamides is 1. The Kier molecular flexibility index (Phi) is 5.93. The molecule has 1 aliphatic carbocycles. The van der Waals surface area contributed by atoms with Gasteiger partial charge in [0.15, 0.2) is 9.84 Å². The summed E-state index contributed by atoms with van der Waals surface area (Å²) >= 11 is 6.11. The summed E-state index contributed by atoms with van der Waals surface area (Å²) in [6, 6.07) is 9.22. The van der Waals surface area contributed by atoms with Crippen molar-refractivity contribution in [1.82, 2.24) is 5.32 Å². The van der Waals surface area contributed by atoms with Crippen molar-refractivity contribution in [1.29, 1.82) is 0 Å². The fourth-order valence-electron chi connectivity index (χ4n) is 2.83. The summed E-state index contributed by atoms with van der Waals surface area (Å²) in [4.78, 5) is 12.5. The molecule has 0 saturated heterocycles. The largest absolute Gasteiger partial charge is 0.349 e. The van der Waals surface area contributed by atoms with Crippen molar-refractivity contribution in [2.75, 3.05) is 11.0 Å². The number of hydrogen-bond acceptors (Lipinski definition) is 5. The molecule has 0 spiro atoms. The van der Waals surface area contributed by atoms with E-state index in [2.05, 4.69) is 10.0 Å². The van der Waals surface area contributed by atoms with Gasteiger partial charge in [-0.3, -0.25) is 9.52 Å². The lowest BCUT2D eigenvalue weighted by Gasteiger charge is -2.15. The van der Waals surface area contributed by atoms with Gasteiger partial charge in [0.2, 0.25) is 0 Å². The van der Waals surface area contributed by atoms with Gasteiger partial charge in [0.1, 0.15) is 0 Å². The average Bonchev–Trinajstić information content (AvgIpc) is 3.46. The van der Waals surface area contributed by atoms with Gasteiger partial charge in [0.25, 0.3) is 15.9 Å². The second-order valence-corrected chi connectivity index (χ2v) is 11.2. The van der Waals surface area contributed by atoms with Crippen molar-refractivity contribution in [3.63, 3.8) is 0 Å². The number of nitrogens with one attached hydrogen (secondary N) is 2.